The van der Waals surface area contributed by atoms with Crippen LogP contribution in [0.4, 0.5) is 0 Å². The van der Waals surface area contributed by atoms with E-state index in [0.717, 1.165) is 12.1 Å². The van der Waals surface area contributed by atoms with Crippen LogP contribution in [0.15, 0.2) is 29.2 Å². The molecule has 5 heteroatoms. The van der Waals surface area contributed by atoms with Gasteiger partial charge < -0.3 is 4.90 Å². The topological polar surface area (TPSA) is 49.4 Å². The van der Waals surface area contributed by atoms with Crippen molar-refractivity contribution in [1.29, 1.82) is 0 Å². The summed E-state index contributed by atoms with van der Waals surface area (Å²) in [5.41, 5.74) is 0.652. The molecule has 0 aromatic heterocycles. The Morgan fingerprint density at radius 1 is 1.21 bits per heavy atom. The second kappa shape index (κ2) is 6.03. The average Bonchev–Trinajstić information content (AvgIpc) is 2.25. The Morgan fingerprint density at radius 2 is 1.79 bits per heavy atom. The average molecular weight is 284 g/mol. The molecular formula is C14H24N2O2S. The molecule has 0 atom stereocenters. The molecule has 108 valence electrons. The highest BCUT2D eigenvalue weighted by atomic mass is 32.2. The largest absolute Gasteiger partial charge is 0.309 e. The van der Waals surface area contributed by atoms with Gasteiger partial charge in [-0.15, -0.1) is 0 Å². The van der Waals surface area contributed by atoms with Crippen LogP contribution in [0, 0.1) is 12.3 Å². The summed E-state index contributed by atoms with van der Waals surface area (Å²) >= 11 is 0. The molecule has 4 nitrogen and oxygen atoms in total. The molecule has 0 unspecified atom stereocenters. The molecule has 19 heavy (non-hydrogen) atoms. The molecule has 0 saturated heterocycles. The van der Waals surface area contributed by atoms with Crippen molar-refractivity contribution in [3.8, 4) is 0 Å². The van der Waals surface area contributed by atoms with Gasteiger partial charge in [0.25, 0.3) is 0 Å². The van der Waals surface area contributed by atoms with Crippen LogP contribution >= 0.6 is 0 Å². The van der Waals surface area contributed by atoms with Crippen molar-refractivity contribution in [1.82, 2.24) is 9.62 Å². The quantitative estimate of drug-likeness (QED) is 0.867. The lowest BCUT2D eigenvalue weighted by Crippen LogP contribution is -2.40. The predicted molar refractivity (Wildman–Crippen MR) is 78.7 cm³/mol. The molecule has 1 N–H and O–H groups in total. The Kier molecular flexibility index (Phi) is 5.12. The normalized spacial score (nSPS) is 12.9. The Hall–Kier alpha value is -0.910. The maximum Gasteiger partial charge on any atom is 0.240 e. The highest BCUT2D eigenvalue weighted by molar-refractivity contribution is 7.89. The molecule has 1 aromatic rings. The molecule has 0 bridgehead atoms. The maximum atomic E-state index is 12.3. The Labute approximate surface area is 116 Å². The molecule has 0 fully saturated rings. The Bertz CT molecular complexity index is 522. The summed E-state index contributed by atoms with van der Waals surface area (Å²) in [5, 5.41) is 0. The van der Waals surface area contributed by atoms with Crippen molar-refractivity contribution in [3.63, 3.8) is 0 Å². The van der Waals surface area contributed by atoms with Gasteiger partial charge in [0.1, 0.15) is 0 Å². The monoisotopic (exact) mass is 284 g/mol. The lowest BCUT2D eigenvalue weighted by atomic mass is 9.93. The third kappa shape index (κ3) is 4.93. The van der Waals surface area contributed by atoms with E-state index in [0.29, 0.717) is 11.4 Å². The van der Waals surface area contributed by atoms with E-state index >= 15 is 0 Å². The van der Waals surface area contributed by atoms with E-state index in [1.165, 1.54) is 0 Å². The molecule has 0 amide bonds. The first kappa shape index (κ1) is 16.1. The van der Waals surface area contributed by atoms with Crippen LogP contribution < -0.4 is 4.72 Å². The van der Waals surface area contributed by atoms with Gasteiger partial charge in [-0.05, 0) is 38.1 Å². The number of rotatable bonds is 6. The van der Waals surface area contributed by atoms with Crippen molar-refractivity contribution < 1.29 is 8.42 Å². The third-order valence-electron chi connectivity index (χ3n) is 2.87. The first-order valence-corrected chi connectivity index (χ1v) is 7.82. The number of aryl methyl sites for hydroxylation is 1. The Morgan fingerprint density at radius 3 is 2.32 bits per heavy atom. The van der Waals surface area contributed by atoms with Gasteiger partial charge in [-0.25, -0.2) is 13.1 Å². The van der Waals surface area contributed by atoms with Crippen LogP contribution in [-0.2, 0) is 10.0 Å². The summed E-state index contributed by atoms with van der Waals surface area (Å²) in [6, 6.07) is 7.02. The molecule has 0 aliphatic heterocycles. The van der Waals surface area contributed by atoms with Gasteiger partial charge in [-0.2, -0.15) is 0 Å². The minimum Gasteiger partial charge on any atom is -0.309 e. The summed E-state index contributed by atoms with van der Waals surface area (Å²) in [4.78, 5) is 2.41. The maximum absolute atomic E-state index is 12.3. The van der Waals surface area contributed by atoms with Gasteiger partial charge in [-0.1, -0.05) is 32.0 Å². The molecule has 0 aliphatic carbocycles. The van der Waals surface area contributed by atoms with Crippen molar-refractivity contribution in [2.24, 2.45) is 5.41 Å². The first-order chi connectivity index (χ1) is 8.64. The van der Waals surface area contributed by atoms with Crippen LogP contribution in [0.5, 0.6) is 0 Å². The summed E-state index contributed by atoms with van der Waals surface area (Å²) < 4.78 is 27.2. The number of nitrogens with one attached hydrogen (secondary N) is 1. The molecule has 0 spiro atoms. The van der Waals surface area contributed by atoms with Crippen LogP contribution in [0.1, 0.15) is 19.4 Å². The summed E-state index contributed by atoms with van der Waals surface area (Å²) in [6.07, 6.45) is 0. The second-order valence-corrected chi connectivity index (χ2v) is 7.73. The van der Waals surface area contributed by atoms with E-state index in [-0.39, 0.29) is 5.41 Å². The Balaban J connectivity index is 2.80. The van der Waals surface area contributed by atoms with Crippen LogP contribution in [0.2, 0.25) is 0 Å². The lowest BCUT2D eigenvalue weighted by molar-refractivity contribution is 0.242. The highest BCUT2D eigenvalue weighted by Crippen LogP contribution is 2.18. The highest BCUT2D eigenvalue weighted by Gasteiger charge is 2.23. The van der Waals surface area contributed by atoms with E-state index in [1.54, 1.807) is 25.1 Å². The van der Waals surface area contributed by atoms with Crippen LogP contribution in [-0.4, -0.2) is 40.5 Å². The van der Waals surface area contributed by atoms with Crippen molar-refractivity contribution in [2.75, 3.05) is 27.2 Å². The number of hydrogen-bond acceptors (Lipinski definition) is 3. The summed E-state index contributed by atoms with van der Waals surface area (Å²) in [6.45, 7) is 7.14. The van der Waals surface area contributed by atoms with Gasteiger partial charge in [0.15, 0.2) is 0 Å². The van der Waals surface area contributed by atoms with E-state index in [1.807, 2.05) is 34.0 Å². The SMILES string of the molecule is Cc1ccccc1S(=O)(=O)NCC(C)(C)CN(C)C. The molecule has 0 aliphatic rings. The van der Waals surface area contributed by atoms with Gasteiger partial charge in [0, 0.05) is 13.1 Å². The van der Waals surface area contributed by atoms with E-state index < -0.39 is 10.0 Å². The van der Waals surface area contributed by atoms with Crippen LogP contribution in [0.3, 0.4) is 0 Å². The number of hydrogen-bond donors (Lipinski definition) is 1. The molecule has 0 radical (unpaired) electrons. The van der Waals surface area contributed by atoms with Gasteiger partial charge in [0.05, 0.1) is 4.90 Å². The van der Waals surface area contributed by atoms with E-state index in [2.05, 4.69) is 9.62 Å². The van der Waals surface area contributed by atoms with Crippen LogP contribution in [0.25, 0.3) is 0 Å². The summed E-state index contributed by atoms with van der Waals surface area (Å²) in [7, 11) is 0.539. The zero-order valence-electron chi connectivity index (χ0n) is 12.4. The molecule has 0 heterocycles. The fraction of sp³-hybridized carbons (Fsp3) is 0.571. The number of benzene rings is 1. The minimum absolute atomic E-state index is 0.112. The van der Waals surface area contributed by atoms with Crippen molar-refractivity contribution in [3.05, 3.63) is 29.8 Å². The van der Waals surface area contributed by atoms with Crippen molar-refractivity contribution in [2.45, 2.75) is 25.7 Å². The second-order valence-electron chi connectivity index (χ2n) is 5.99. The zero-order chi connectivity index (χ0) is 14.7. The minimum atomic E-state index is -3.43. The van der Waals surface area contributed by atoms with Gasteiger partial charge in [0.2, 0.25) is 10.0 Å². The molecule has 1 rings (SSSR count). The summed E-state index contributed by atoms with van der Waals surface area (Å²) in [5.74, 6) is 0. The fourth-order valence-electron chi connectivity index (χ4n) is 2.14. The fourth-order valence-corrected chi connectivity index (χ4v) is 3.62. The van der Waals surface area contributed by atoms with Gasteiger partial charge in [-0.3, -0.25) is 0 Å². The predicted octanol–water partition coefficient (Wildman–Crippen LogP) is 1.86. The molecular weight excluding hydrogens is 260 g/mol. The lowest BCUT2D eigenvalue weighted by Gasteiger charge is -2.28. The number of nitrogens with zero attached hydrogens (tertiary/aromatic N) is 1. The molecule has 1 aromatic carbocycles. The van der Waals surface area contributed by atoms with E-state index in [9.17, 15) is 8.42 Å². The van der Waals surface area contributed by atoms with E-state index in [4.69, 9.17) is 0 Å². The third-order valence-corrected chi connectivity index (χ3v) is 4.43. The van der Waals surface area contributed by atoms with Gasteiger partial charge >= 0.3 is 0 Å². The number of sulfonamides is 1. The first-order valence-electron chi connectivity index (χ1n) is 6.34. The standard InChI is InChI=1S/C14H24N2O2S/c1-12-8-6-7-9-13(12)19(17,18)15-10-14(2,3)11-16(4)5/h6-9,15H,10-11H2,1-5H3. The molecule has 0 saturated carbocycles. The van der Waals surface area contributed by atoms with Crippen molar-refractivity contribution >= 4 is 10.0 Å². The zero-order valence-corrected chi connectivity index (χ0v) is 13.2. The smallest absolute Gasteiger partial charge is 0.240 e.